The predicted octanol–water partition coefficient (Wildman–Crippen LogP) is 2.97. The van der Waals surface area contributed by atoms with Crippen molar-refractivity contribution in [3.8, 4) is 0 Å². The standard InChI is InChI=1S/C15H18INO3/c1-10-5-4-6-11(12(10)16)13(18)17-9-15(14(19)20)7-2-3-8-15/h4-6H,2-3,7-9H2,1H3,(H,17,18)(H,19,20). The Kier molecular flexibility index (Phi) is 4.67. The number of nitrogens with one attached hydrogen (secondary N) is 1. The summed E-state index contributed by atoms with van der Waals surface area (Å²) in [5.41, 5.74) is 0.890. The first-order chi connectivity index (χ1) is 9.46. The minimum Gasteiger partial charge on any atom is -0.481 e. The highest BCUT2D eigenvalue weighted by atomic mass is 127. The van der Waals surface area contributed by atoms with Crippen molar-refractivity contribution >= 4 is 34.5 Å². The maximum atomic E-state index is 12.2. The van der Waals surface area contributed by atoms with Gasteiger partial charge in [0, 0.05) is 10.1 Å². The Labute approximate surface area is 132 Å². The molecule has 1 aliphatic rings. The molecule has 0 bridgehead atoms. The van der Waals surface area contributed by atoms with Crippen LogP contribution in [0.3, 0.4) is 0 Å². The van der Waals surface area contributed by atoms with E-state index in [0.717, 1.165) is 22.0 Å². The molecule has 1 amide bonds. The molecule has 1 aromatic rings. The van der Waals surface area contributed by atoms with Crippen molar-refractivity contribution in [1.29, 1.82) is 0 Å². The zero-order valence-electron chi connectivity index (χ0n) is 11.4. The number of carboxylic acids is 1. The van der Waals surface area contributed by atoms with Crippen LogP contribution < -0.4 is 5.32 Å². The fourth-order valence-electron chi connectivity index (χ4n) is 2.69. The van der Waals surface area contributed by atoms with Crippen molar-refractivity contribution in [2.24, 2.45) is 5.41 Å². The molecule has 0 atom stereocenters. The minimum atomic E-state index is -0.797. The Morgan fingerprint density at radius 3 is 2.60 bits per heavy atom. The summed E-state index contributed by atoms with van der Waals surface area (Å²) in [5, 5.41) is 12.2. The number of halogens is 1. The first-order valence-electron chi connectivity index (χ1n) is 6.73. The lowest BCUT2D eigenvalue weighted by molar-refractivity contribution is -0.148. The SMILES string of the molecule is Cc1cccc(C(=O)NCC2(C(=O)O)CCCC2)c1I. The number of rotatable bonds is 4. The fourth-order valence-corrected chi connectivity index (χ4v) is 3.29. The normalized spacial score (nSPS) is 16.9. The first kappa shape index (κ1) is 15.3. The lowest BCUT2D eigenvalue weighted by atomic mass is 9.86. The molecule has 0 saturated heterocycles. The third-order valence-corrected chi connectivity index (χ3v) is 5.47. The summed E-state index contributed by atoms with van der Waals surface area (Å²) in [4.78, 5) is 23.7. The topological polar surface area (TPSA) is 66.4 Å². The van der Waals surface area contributed by atoms with Gasteiger partial charge in [-0.3, -0.25) is 9.59 Å². The molecule has 5 heteroatoms. The Hall–Kier alpha value is -1.11. The summed E-state index contributed by atoms with van der Waals surface area (Å²) in [5.74, 6) is -0.986. The quantitative estimate of drug-likeness (QED) is 0.781. The van der Waals surface area contributed by atoms with Crippen molar-refractivity contribution in [2.75, 3.05) is 6.54 Å². The highest BCUT2D eigenvalue weighted by Crippen LogP contribution is 2.37. The van der Waals surface area contributed by atoms with Crippen LogP contribution in [-0.4, -0.2) is 23.5 Å². The van der Waals surface area contributed by atoms with Gasteiger partial charge in [0.2, 0.25) is 0 Å². The number of carbonyl (C=O) groups excluding carboxylic acids is 1. The van der Waals surface area contributed by atoms with E-state index in [4.69, 9.17) is 0 Å². The maximum absolute atomic E-state index is 12.2. The highest BCUT2D eigenvalue weighted by Gasteiger charge is 2.41. The van der Waals surface area contributed by atoms with Gasteiger partial charge in [0.1, 0.15) is 0 Å². The van der Waals surface area contributed by atoms with Gasteiger partial charge in [-0.2, -0.15) is 0 Å². The van der Waals surface area contributed by atoms with E-state index < -0.39 is 11.4 Å². The van der Waals surface area contributed by atoms with Crippen LogP contribution in [-0.2, 0) is 4.79 Å². The predicted molar refractivity (Wildman–Crippen MR) is 84.8 cm³/mol. The van der Waals surface area contributed by atoms with E-state index in [1.54, 1.807) is 6.07 Å². The number of carboxylic acid groups (broad SMARTS) is 1. The summed E-state index contributed by atoms with van der Waals surface area (Å²) in [7, 11) is 0. The van der Waals surface area contributed by atoms with Crippen LogP contribution in [0.15, 0.2) is 18.2 Å². The van der Waals surface area contributed by atoms with Gasteiger partial charge in [0.15, 0.2) is 0 Å². The van der Waals surface area contributed by atoms with E-state index in [0.29, 0.717) is 18.4 Å². The molecule has 2 N–H and O–H groups in total. The summed E-state index contributed by atoms with van der Waals surface area (Å²) in [6.07, 6.45) is 3.13. The maximum Gasteiger partial charge on any atom is 0.311 e. The van der Waals surface area contributed by atoms with Gasteiger partial charge in [-0.25, -0.2) is 0 Å². The lowest BCUT2D eigenvalue weighted by Gasteiger charge is -2.24. The average Bonchev–Trinajstić information content (AvgIpc) is 2.89. The Morgan fingerprint density at radius 1 is 1.35 bits per heavy atom. The second kappa shape index (κ2) is 6.11. The number of aryl methyl sites for hydroxylation is 1. The smallest absolute Gasteiger partial charge is 0.311 e. The molecule has 4 nitrogen and oxygen atoms in total. The summed E-state index contributed by atoms with van der Waals surface area (Å²) in [6, 6.07) is 5.56. The van der Waals surface area contributed by atoms with Crippen LogP contribution in [0.2, 0.25) is 0 Å². The van der Waals surface area contributed by atoms with Crippen LogP contribution in [0, 0.1) is 15.9 Å². The molecule has 0 unspecified atom stereocenters. The van der Waals surface area contributed by atoms with Crippen LogP contribution in [0.25, 0.3) is 0 Å². The highest BCUT2D eigenvalue weighted by molar-refractivity contribution is 14.1. The number of carbonyl (C=O) groups is 2. The molecular weight excluding hydrogens is 369 g/mol. The number of hydrogen-bond donors (Lipinski definition) is 2. The van der Waals surface area contributed by atoms with Crippen molar-refractivity contribution < 1.29 is 14.7 Å². The van der Waals surface area contributed by atoms with Gasteiger partial charge in [-0.15, -0.1) is 0 Å². The number of hydrogen-bond acceptors (Lipinski definition) is 2. The number of amides is 1. The molecule has 108 valence electrons. The largest absolute Gasteiger partial charge is 0.481 e. The van der Waals surface area contributed by atoms with Crippen LogP contribution in [0.1, 0.15) is 41.6 Å². The van der Waals surface area contributed by atoms with Gasteiger partial charge < -0.3 is 10.4 Å². The summed E-state index contributed by atoms with van der Waals surface area (Å²) < 4.78 is 0.915. The van der Waals surface area contributed by atoms with Crippen molar-refractivity contribution in [3.63, 3.8) is 0 Å². The third kappa shape index (κ3) is 2.97. The van der Waals surface area contributed by atoms with Crippen LogP contribution in [0.5, 0.6) is 0 Å². The first-order valence-corrected chi connectivity index (χ1v) is 7.81. The van der Waals surface area contributed by atoms with Crippen molar-refractivity contribution in [2.45, 2.75) is 32.6 Å². The Balaban J connectivity index is 2.08. The van der Waals surface area contributed by atoms with Crippen LogP contribution in [0.4, 0.5) is 0 Å². The van der Waals surface area contributed by atoms with E-state index in [9.17, 15) is 14.7 Å². The molecule has 0 spiro atoms. The average molecular weight is 387 g/mol. The van der Waals surface area contributed by atoms with Gasteiger partial charge in [0.05, 0.1) is 11.0 Å². The van der Waals surface area contributed by atoms with E-state index >= 15 is 0 Å². The molecule has 1 aliphatic carbocycles. The molecule has 20 heavy (non-hydrogen) atoms. The molecule has 0 heterocycles. The second-order valence-electron chi connectivity index (χ2n) is 5.41. The lowest BCUT2D eigenvalue weighted by Crippen LogP contribution is -2.41. The van der Waals surface area contributed by atoms with Crippen LogP contribution >= 0.6 is 22.6 Å². The van der Waals surface area contributed by atoms with Gasteiger partial charge >= 0.3 is 5.97 Å². The Bertz CT molecular complexity index is 536. The van der Waals surface area contributed by atoms with Gasteiger partial charge in [-0.05, 0) is 54.0 Å². The zero-order valence-corrected chi connectivity index (χ0v) is 13.6. The second-order valence-corrected chi connectivity index (χ2v) is 6.49. The molecule has 1 aromatic carbocycles. The van der Waals surface area contributed by atoms with Gasteiger partial charge in [0.25, 0.3) is 5.91 Å². The zero-order chi connectivity index (χ0) is 14.8. The molecule has 1 fully saturated rings. The van der Waals surface area contributed by atoms with Crippen molar-refractivity contribution in [1.82, 2.24) is 5.32 Å². The fraction of sp³-hybridized carbons (Fsp3) is 0.467. The molecule has 0 aliphatic heterocycles. The molecular formula is C15H18INO3. The Morgan fingerprint density at radius 2 is 2.00 bits per heavy atom. The number of aliphatic carboxylic acids is 1. The monoisotopic (exact) mass is 387 g/mol. The van der Waals surface area contributed by atoms with E-state index in [1.807, 2.05) is 19.1 Å². The molecule has 2 rings (SSSR count). The molecule has 0 aromatic heterocycles. The van der Waals surface area contributed by atoms with E-state index in [2.05, 4.69) is 27.9 Å². The minimum absolute atomic E-state index is 0.189. The summed E-state index contributed by atoms with van der Waals surface area (Å²) in [6.45, 7) is 2.17. The number of benzene rings is 1. The van der Waals surface area contributed by atoms with Crippen molar-refractivity contribution in [3.05, 3.63) is 32.9 Å². The van der Waals surface area contributed by atoms with E-state index in [1.165, 1.54) is 0 Å². The molecule has 1 saturated carbocycles. The third-order valence-electron chi connectivity index (χ3n) is 4.04. The molecule has 0 radical (unpaired) electrons. The van der Waals surface area contributed by atoms with E-state index in [-0.39, 0.29) is 12.5 Å². The summed E-state index contributed by atoms with van der Waals surface area (Å²) >= 11 is 2.15. The van der Waals surface area contributed by atoms with Gasteiger partial charge in [-0.1, -0.05) is 25.0 Å².